The molecule has 3 aromatic rings. The number of H-pyrrole nitrogens is 1. The minimum atomic E-state index is -1.02. The van der Waals surface area contributed by atoms with E-state index in [1.807, 2.05) is 31.1 Å². The van der Waals surface area contributed by atoms with E-state index in [1.165, 1.54) is 0 Å². The SMILES string of the molecule is CN(C)c1ccc(C(=O)Nc2ccc3[nH]c(C(=O)O)cc3c2)cc1. The number of aromatic amines is 1. The maximum Gasteiger partial charge on any atom is 0.352 e. The van der Waals surface area contributed by atoms with Gasteiger partial charge in [0.15, 0.2) is 0 Å². The summed E-state index contributed by atoms with van der Waals surface area (Å²) in [6.07, 6.45) is 0. The summed E-state index contributed by atoms with van der Waals surface area (Å²) in [7, 11) is 3.87. The number of hydrogen-bond donors (Lipinski definition) is 3. The van der Waals surface area contributed by atoms with Gasteiger partial charge in [0.05, 0.1) is 0 Å². The number of rotatable bonds is 4. The van der Waals surface area contributed by atoms with Crippen LogP contribution in [-0.2, 0) is 0 Å². The number of aromatic carboxylic acids is 1. The van der Waals surface area contributed by atoms with Gasteiger partial charge in [-0.3, -0.25) is 4.79 Å². The van der Waals surface area contributed by atoms with Crippen molar-refractivity contribution in [3.8, 4) is 0 Å². The van der Waals surface area contributed by atoms with Gasteiger partial charge in [-0.15, -0.1) is 0 Å². The fourth-order valence-corrected chi connectivity index (χ4v) is 2.44. The molecule has 24 heavy (non-hydrogen) atoms. The molecule has 0 aliphatic carbocycles. The van der Waals surface area contributed by atoms with E-state index >= 15 is 0 Å². The van der Waals surface area contributed by atoms with Crippen molar-refractivity contribution in [2.45, 2.75) is 0 Å². The Morgan fingerprint density at radius 2 is 1.75 bits per heavy atom. The number of carboxylic acids is 1. The first-order valence-electron chi connectivity index (χ1n) is 7.39. The lowest BCUT2D eigenvalue weighted by Crippen LogP contribution is -2.13. The van der Waals surface area contributed by atoms with E-state index in [4.69, 9.17) is 5.11 Å². The Hall–Kier alpha value is -3.28. The first-order chi connectivity index (χ1) is 11.4. The first-order valence-corrected chi connectivity index (χ1v) is 7.39. The third-order valence-corrected chi connectivity index (χ3v) is 3.75. The molecule has 1 heterocycles. The molecule has 1 amide bonds. The molecule has 3 rings (SSSR count). The largest absolute Gasteiger partial charge is 0.477 e. The van der Waals surface area contributed by atoms with Gasteiger partial charge in [0.25, 0.3) is 5.91 Å². The predicted molar refractivity (Wildman–Crippen MR) is 94.0 cm³/mol. The summed E-state index contributed by atoms with van der Waals surface area (Å²) in [4.78, 5) is 28.1. The zero-order valence-corrected chi connectivity index (χ0v) is 13.3. The van der Waals surface area contributed by atoms with Crippen LogP contribution in [0.2, 0.25) is 0 Å². The summed E-state index contributed by atoms with van der Waals surface area (Å²) in [6, 6.07) is 14.0. The van der Waals surface area contributed by atoms with Crippen molar-refractivity contribution in [1.29, 1.82) is 0 Å². The van der Waals surface area contributed by atoms with Gasteiger partial charge in [0, 0.05) is 41.9 Å². The Bertz CT molecular complexity index is 911. The molecule has 0 atom stereocenters. The zero-order valence-electron chi connectivity index (χ0n) is 13.3. The maximum absolute atomic E-state index is 12.3. The number of benzene rings is 2. The van der Waals surface area contributed by atoms with Gasteiger partial charge in [0.1, 0.15) is 5.69 Å². The van der Waals surface area contributed by atoms with Crippen LogP contribution in [0.5, 0.6) is 0 Å². The molecule has 6 nitrogen and oxygen atoms in total. The van der Waals surface area contributed by atoms with Crippen LogP contribution in [0, 0.1) is 0 Å². The summed E-state index contributed by atoms with van der Waals surface area (Å²) in [5, 5.41) is 12.6. The van der Waals surface area contributed by atoms with Crippen molar-refractivity contribution in [2.24, 2.45) is 0 Å². The van der Waals surface area contributed by atoms with Crippen LogP contribution < -0.4 is 10.2 Å². The molecule has 6 heteroatoms. The lowest BCUT2D eigenvalue weighted by atomic mass is 10.1. The molecule has 0 unspecified atom stereocenters. The summed E-state index contributed by atoms with van der Waals surface area (Å²) in [5.41, 5.74) is 3.01. The third kappa shape index (κ3) is 3.08. The Morgan fingerprint density at radius 1 is 1.04 bits per heavy atom. The average Bonchev–Trinajstić information content (AvgIpc) is 2.98. The Balaban J connectivity index is 1.80. The molecule has 3 N–H and O–H groups in total. The number of amides is 1. The highest BCUT2D eigenvalue weighted by atomic mass is 16.4. The van der Waals surface area contributed by atoms with Gasteiger partial charge in [-0.1, -0.05) is 0 Å². The summed E-state index contributed by atoms with van der Waals surface area (Å²) in [5.74, 6) is -1.23. The van der Waals surface area contributed by atoms with Crippen molar-refractivity contribution in [1.82, 2.24) is 4.98 Å². The highest BCUT2D eigenvalue weighted by Gasteiger charge is 2.10. The van der Waals surface area contributed by atoms with E-state index < -0.39 is 5.97 Å². The Morgan fingerprint density at radius 3 is 2.38 bits per heavy atom. The smallest absolute Gasteiger partial charge is 0.352 e. The number of nitrogens with zero attached hydrogens (tertiary/aromatic N) is 1. The predicted octanol–water partition coefficient (Wildman–Crippen LogP) is 3.18. The van der Waals surface area contributed by atoms with E-state index in [2.05, 4.69) is 10.3 Å². The molecule has 0 saturated heterocycles. The monoisotopic (exact) mass is 323 g/mol. The number of carbonyl (C=O) groups is 2. The number of aromatic nitrogens is 1. The van der Waals surface area contributed by atoms with Crippen LogP contribution >= 0.6 is 0 Å². The van der Waals surface area contributed by atoms with Gasteiger partial charge in [-0.25, -0.2) is 4.79 Å². The number of fused-ring (bicyclic) bond motifs is 1. The van der Waals surface area contributed by atoms with Crippen molar-refractivity contribution in [3.63, 3.8) is 0 Å². The van der Waals surface area contributed by atoms with Crippen LogP contribution in [0.1, 0.15) is 20.8 Å². The van der Waals surface area contributed by atoms with Crippen molar-refractivity contribution in [3.05, 3.63) is 59.8 Å². The standard InChI is InChI=1S/C18H17N3O3/c1-21(2)14-6-3-11(4-7-14)17(22)19-13-5-8-15-12(9-13)10-16(20-15)18(23)24/h3-10,20H,1-2H3,(H,19,22)(H,23,24). The molecular formula is C18H17N3O3. The molecular weight excluding hydrogens is 306 g/mol. The van der Waals surface area contributed by atoms with Crippen LogP contribution in [0.4, 0.5) is 11.4 Å². The normalized spacial score (nSPS) is 10.6. The molecule has 0 bridgehead atoms. The fourth-order valence-electron chi connectivity index (χ4n) is 2.44. The zero-order chi connectivity index (χ0) is 17.3. The minimum absolute atomic E-state index is 0.118. The van der Waals surface area contributed by atoms with E-state index in [0.29, 0.717) is 16.8 Å². The van der Waals surface area contributed by atoms with Gasteiger partial charge in [-0.05, 0) is 48.5 Å². The van der Waals surface area contributed by atoms with Crippen molar-refractivity contribution >= 4 is 34.2 Å². The molecule has 0 aliphatic heterocycles. The number of hydrogen-bond acceptors (Lipinski definition) is 3. The number of carboxylic acid groups (broad SMARTS) is 1. The quantitative estimate of drug-likeness (QED) is 0.688. The number of anilines is 2. The van der Waals surface area contributed by atoms with Crippen molar-refractivity contribution in [2.75, 3.05) is 24.3 Å². The van der Waals surface area contributed by atoms with Gasteiger partial charge in [0.2, 0.25) is 0 Å². The molecule has 2 aromatic carbocycles. The summed E-state index contributed by atoms with van der Waals surface area (Å²) < 4.78 is 0. The highest BCUT2D eigenvalue weighted by molar-refractivity contribution is 6.05. The molecule has 0 fully saturated rings. The summed E-state index contributed by atoms with van der Waals surface area (Å²) in [6.45, 7) is 0. The molecule has 1 aromatic heterocycles. The Labute approximate surface area is 138 Å². The average molecular weight is 323 g/mol. The van der Waals surface area contributed by atoms with E-state index in [9.17, 15) is 9.59 Å². The van der Waals surface area contributed by atoms with Gasteiger partial charge < -0.3 is 20.3 Å². The maximum atomic E-state index is 12.3. The molecule has 0 saturated carbocycles. The van der Waals surface area contributed by atoms with E-state index in [0.717, 1.165) is 11.1 Å². The highest BCUT2D eigenvalue weighted by Crippen LogP contribution is 2.21. The lowest BCUT2D eigenvalue weighted by Gasteiger charge is -2.12. The molecule has 0 aliphatic rings. The van der Waals surface area contributed by atoms with Crippen LogP contribution in [0.15, 0.2) is 48.5 Å². The number of nitrogens with one attached hydrogen (secondary N) is 2. The lowest BCUT2D eigenvalue weighted by molar-refractivity contribution is 0.0691. The van der Waals surface area contributed by atoms with Crippen molar-refractivity contribution < 1.29 is 14.7 Å². The van der Waals surface area contributed by atoms with E-state index in [1.54, 1.807) is 36.4 Å². The van der Waals surface area contributed by atoms with Gasteiger partial charge >= 0.3 is 5.97 Å². The molecule has 122 valence electrons. The second-order valence-corrected chi connectivity index (χ2v) is 5.69. The Kier molecular flexibility index (Phi) is 3.95. The second-order valence-electron chi connectivity index (χ2n) is 5.69. The fraction of sp³-hybridized carbons (Fsp3) is 0.111. The van der Waals surface area contributed by atoms with E-state index in [-0.39, 0.29) is 11.6 Å². The minimum Gasteiger partial charge on any atom is -0.477 e. The summed E-state index contributed by atoms with van der Waals surface area (Å²) >= 11 is 0. The third-order valence-electron chi connectivity index (χ3n) is 3.75. The molecule has 0 spiro atoms. The number of carbonyl (C=O) groups excluding carboxylic acids is 1. The van der Waals surface area contributed by atoms with Crippen LogP contribution in [0.25, 0.3) is 10.9 Å². The topological polar surface area (TPSA) is 85.4 Å². The second kappa shape index (κ2) is 6.08. The van der Waals surface area contributed by atoms with Crippen LogP contribution in [-0.4, -0.2) is 36.1 Å². The van der Waals surface area contributed by atoms with Gasteiger partial charge in [-0.2, -0.15) is 0 Å². The first kappa shape index (κ1) is 15.6. The molecule has 0 radical (unpaired) electrons. The van der Waals surface area contributed by atoms with Crippen LogP contribution in [0.3, 0.4) is 0 Å².